The highest BCUT2D eigenvalue weighted by Gasteiger charge is 2.38. The number of rotatable bonds is 8. The van der Waals surface area contributed by atoms with E-state index in [-0.39, 0.29) is 4.90 Å². The average molecular weight is 741 g/mol. The quantitative estimate of drug-likeness (QED) is 0.174. The van der Waals surface area contributed by atoms with Crippen LogP contribution in [0.15, 0.2) is 102 Å². The van der Waals surface area contributed by atoms with Gasteiger partial charge < -0.3 is 10.2 Å². The van der Waals surface area contributed by atoms with Crippen molar-refractivity contribution in [2.24, 2.45) is 0 Å². The molecule has 5 rings (SSSR count). The van der Waals surface area contributed by atoms with Gasteiger partial charge >= 0.3 is 24.3 Å². The molecule has 0 unspecified atom stereocenters. The zero-order chi connectivity index (χ0) is 37.8. The smallest absolute Gasteiger partial charge is 0.475 e. The number of alkyl halides is 6. The molecule has 2 heterocycles. The number of nitrogens with one attached hydrogen (secondary N) is 1. The summed E-state index contributed by atoms with van der Waals surface area (Å²) in [7, 11) is -3.61. The van der Waals surface area contributed by atoms with Gasteiger partial charge in [0.1, 0.15) is 0 Å². The summed E-state index contributed by atoms with van der Waals surface area (Å²) in [5.41, 5.74) is 6.34. The second kappa shape index (κ2) is 17.8. The molecule has 3 aromatic carbocycles. The van der Waals surface area contributed by atoms with E-state index in [0.29, 0.717) is 5.69 Å². The Kier molecular flexibility index (Phi) is 14.1. The van der Waals surface area contributed by atoms with Crippen LogP contribution in [0.2, 0.25) is 0 Å². The van der Waals surface area contributed by atoms with E-state index in [1.165, 1.54) is 11.1 Å². The molecule has 0 aliphatic carbocycles. The van der Waals surface area contributed by atoms with E-state index in [4.69, 9.17) is 19.8 Å². The maximum atomic E-state index is 12.6. The van der Waals surface area contributed by atoms with Crippen molar-refractivity contribution < 1.29 is 54.6 Å². The van der Waals surface area contributed by atoms with Gasteiger partial charge in [-0.3, -0.25) is 19.5 Å². The summed E-state index contributed by atoms with van der Waals surface area (Å²) in [6, 6.07) is 27.2. The lowest BCUT2D eigenvalue weighted by Gasteiger charge is -2.34. The van der Waals surface area contributed by atoms with Crippen molar-refractivity contribution in [3.63, 3.8) is 0 Å². The van der Waals surface area contributed by atoms with Crippen LogP contribution in [0.1, 0.15) is 16.7 Å². The molecule has 0 amide bonds. The number of aryl methyl sites for hydroxylation is 1. The predicted octanol–water partition coefficient (Wildman–Crippen LogP) is 6.44. The molecule has 1 aliphatic rings. The number of aromatic nitrogens is 1. The molecule has 3 N–H and O–H groups in total. The Hall–Kier alpha value is -5.00. The molecule has 0 spiro atoms. The number of carbonyl (C=O) groups is 2. The first kappa shape index (κ1) is 40.4. The van der Waals surface area contributed by atoms with Gasteiger partial charge in [-0.05, 0) is 65.6 Å². The number of aliphatic carboxylic acids is 2. The summed E-state index contributed by atoms with van der Waals surface area (Å²) >= 11 is 0. The SMILES string of the molecule is Cc1ccc(S(=O)(=O)Nc2ccc(-c3ccc(CN4CCN(Cc5ccncc5)CC4)cc3)cc2)cc1.O=C(O)C(F)(F)F.O=C(O)C(F)(F)F. The molecule has 1 fully saturated rings. The first-order valence-corrected chi connectivity index (χ1v) is 16.5. The Morgan fingerprint density at radius 3 is 1.43 bits per heavy atom. The third-order valence-corrected chi connectivity index (χ3v) is 8.66. The van der Waals surface area contributed by atoms with Gasteiger partial charge in [-0.15, -0.1) is 0 Å². The van der Waals surface area contributed by atoms with E-state index in [9.17, 15) is 34.8 Å². The van der Waals surface area contributed by atoms with Gasteiger partial charge in [0.05, 0.1) is 4.90 Å². The third-order valence-electron chi connectivity index (χ3n) is 7.27. The maximum Gasteiger partial charge on any atom is 0.490 e. The highest BCUT2D eigenvalue weighted by Crippen LogP contribution is 2.24. The molecule has 274 valence electrons. The van der Waals surface area contributed by atoms with Crippen LogP contribution in [0.3, 0.4) is 0 Å². The summed E-state index contributed by atoms with van der Waals surface area (Å²) in [5.74, 6) is -5.51. The zero-order valence-electron chi connectivity index (χ0n) is 27.0. The van der Waals surface area contributed by atoms with Gasteiger partial charge in [0.15, 0.2) is 0 Å². The Balaban J connectivity index is 0.000000424. The summed E-state index contributed by atoms with van der Waals surface area (Å²) in [5, 5.41) is 14.2. The fraction of sp³-hybridized carbons (Fsp3) is 0.265. The van der Waals surface area contributed by atoms with E-state index < -0.39 is 34.3 Å². The highest BCUT2D eigenvalue weighted by molar-refractivity contribution is 7.92. The van der Waals surface area contributed by atoms with Crippen molar-refractivity contribution in [3.05, 3.63) is 114 Å². The number of halogens is 6. The van der Waals surface area contributed by atoms with Crippen molar-refractivity contribution in [1.82, 2.24) is 14.8 Å². The predicted molar refractivity (Wildman–Crippen MR) is 176 cm³/mol. The lowest BCUT2D eigenvalue weighted by Crippen LogP contribution is -2.45. The molecule has 0 atom stereocenters. The van der Waals surface area contributed by atoms with Crippen molar-refractivity contribution >= 4 is 27.6 Å². The van der Waals surface area contributed by atoms with Crippen LogP contribution in [0.25, 0.3) is 11.1 Å². The summed E-state index contributed by atoms with van der Waals surface area (Å²) in [4.78, 5) is 27.2. The van der Waals surface area contributed by atoms with Gasteiger partial charge in [0, 0.05) is 57.3 Å². The number of benzene rings is 3. The molecule has 17 heteroatoms. The van der Waals surface area contributed by atoms with Gasteiger partial charge in [0.2, 0.25) is 0 Å². The monoisotopic (exact) mass is 740 g/mol. The van der Waals surface area contributed by atoms with Gasteiger partial charge in [0.25, 0.3) is 10.0 Å². The molecule has 1 aromatic heterocycles. The van der Waals surface area contributed by atoms with Crippen LogP contribution in [-0.4, -0.2) is 83.9 Å². The Morgan fingerprint density at radius 2 is 1.04 bits per heavy atom. The number of nitrogens with zero attached hydrogens (tertiary/aromatic N) is 3. The fourth-order valence-electron chi connectivity index (χ4n) is 4.57. The van der Waals surface area contributed by atoms with Crippen molar-refractivity contribution in [2.45, 2.75) is 37.3 Å². The lowest BCUT2D eigenvalue weighted by atomic mass is 10.0. The minimum Gasteiger partial charge on any atom is -0.475 e. The Bertz CT molecular complexity index is 1790. The number of hydrogen-bond donors (Lipinski definition) is 3. The van der Waals surface area contributed by atoms with Gasteiger partial charge in [-0.1, -0.05) is 54.1 Å². The number of hydrogen-bond acceptors (Lipinski definition) is 7. The van der Waals surface area contributed by atoms with Crippen LogP contribution < -0.4 is 4.72 Å². The maximum absolute atomic E-state index is 12.6. The average Bonchev–Trinajstić information content (AvgIpc) is 3.07. The molecule has 0 saturated carbocycles. The lowest BCUT2D eigenvalue weighted by molar-refractivity contribution is -0.193. The number of piperazine rings is 1. The minimum absolute atomic E-state index is 0.257. The normalized spacial score (nSPS) is 13.9. The van der Waals surface area contributed by atoms with E-state index in [2.05, 4.69) is 55.9 Å². The van der Waals surface area contributed by atoms with Crippen molar-refractivity contribution in [3.8, 4) is 11.1 Å². The van der Waals surface area contributed by atoms with E-state index in [1.807, 2.05) is 31.5 Å². The fourth-order valence-corrected chi connectivity index (χ4v) is 5.63. The standard InChI is InChI=1S/C30H32N4O2S.2C2HF3O2/c1-24-2-12-30(13-3-24)37(35,36)32-29-10-8-28(9-11-29)27-6-4-25(5-7-27)22-33-18-20-34(21-19-33)23-26-14-16-31-17-15-26;2*3-2(4,5)1(6)7/h2-17,32H,18-23H2,1H3;2*(H,6,7). The van der Waals surface area contributed by atoms with Gasteiger partial charge in [-0.25, -0.2) is 18.0 Å². The molecule has 10 nitrogen and oxygen atoms in total. The molecule has 0 bridgehead atoms. The minimum atomic E-state index is -5.08. The zero-order valence-corrected chi connectivity index (χ0v) is 27.8. The van der Waals surface area contributed by atoms with Crippen LogP contribution in [0, 0.1) is 6.92 Å². The van der Waals surface area contributed by atoms with Crippen LogP contribution in [0.4, 0.5) is 32.0 Å². The second-order valence-corrected chi connectivity index (χ2v) is 12.9. The van der Waals surface area contributed by atoms with Crippen LogP contribution >= 0.6 is 0 Å². The summed E-state index contributed by atoms with van der Waals surface area (Å²) < 4.78 is 91.4. The number of pyridine rings is 1. The van der Waals surface area contributed by atoms with Crippen LogP contribution in [-0.2, 0) is 32.7 Å². The summed E-state index contributed by atoms with van der Waals surface area (Å²) in [6.45, 7) is 8.13. The van der Waals surface area contributed by atoms with Gasteiger partial charge in [-0.2, -0.15) is 26.3 Å². The topological polar surface area (TPSA) is 140 Å². The first-order chi connectivity index (χ1) is 23.8. The van der Waals surface area contributed by atoms with Crippen LogP contribution in [0.5, 0.6) is 0 Å². The number of carboxylic acids is 2. The third kappa shape index (κ3) is 13.7. The molecule has 0 radical (unpaired) electrons. The number of sulfonamides is 1. The summed E-state index contributed by atoms with van der Waals surface area (Å²) in [6.07, 6.45) is -6.45. The molecular formula is C34H34F6N4O6S. The molecule has 51 heavy (non-hydrogen) atoms. The highest BCUT2D eigenvalue weighted by atomic mass is 32.2. The largest absolute Gasteiger partial charge is 0.490 e. The first-order valence-electron chi connectivity index (χ1n) is 15.1. The molecule has 1 aliphatic heterocycles. The molecular weight excluding hydrogens is 706 g/mol. The van der Waals surface area contributed by atoms with Crippen molar-refractivity contribution in [1.29, 1.82) is 0 Å². The number of anilines is 1. The molecule has 1 saturated heterocycles. The van der Waals surface area contributed by atoms with E-state index in [0.717, 1.165) is 56.0 Å². The van der Waals surface area contributed by atoms with Crippen molar-refractivity contribution in [2.75, 3.05) is 30.9 Å². The Labute approximate surface area is 290 Å². The molecule has 4 aromatic rings. The number of carboxylic acid groups (broad SMARTS) is 2. The second-order valence-electron chi connectivity index (χ2n) is 11.2. The van der Waals surface area contributed by atoms with E-state index >= 15 is 0 Å². The Morgan fingerprint density at radius 1 is 0.667 bits per heavy atom. The van der Waals surface area contributed by atoms with E-state index in [1.54, 1.807) is 36.4 Å².